The van der Waals surface area contributed by atoms with Gasteiger partial charge in [0.05, 0.1) is 17.8 Å². The first kappa shape index (κ1) is 31.5. The largest absolute Gasteiger partial charge is 0.455 e. The van der Waals surface area contributed by atoms with Gasteiger partial charge in [0, 0.05) is 43.9 Å². The molecule has 4 fully saturated rings. The molecule has 4 aliphatic rings. The van der Waals surface area contributed by atoms with Crippen LogP contribution in [0.15, 0.2) is 12.7 Å². The highest BCUT2D eigenvalue weighted by Gasteiger charge is 2.81. The summed E-state index contributed by atoms with van der Waals surface area (Å²) >= 11 is 0. The van der Waals surface area contributed by atoms with Crippen molar-refractivity contribution in [3.63, 3.8) is 0 Å². The summed E-state index contributed by atoms with van der Waals surface area (Å²) in [5.41, 5.74) is -7.19. The number of nitrogens with zero attached hydrogens (tertiary/aromatic N) is 2. The van der Waals surface area contributed by atoms with Gasteiger partial charge in [0.15, 0.2) is 17.5 Å². The molecule has 0 aromatic carbocycles. The molecule has 38 heavy (non-hydrogen) atoms. The van der Waals surface area contributed by atoms with Crippen LogP contribution in [0.25, 0.3) is 0 Å². The Morgan fingerprint density at radius 1 is 1.16 bits per heavy atom. The quantitative estimate of drug-likeness (QED) is 0.349. The molecule has 0 radical (unpaired) electrons. The Kier molecular flexibility index (Phi) is 8.35. The molecule has 0 spiro atoms. The molecule has 9 atom stereocenters. The predicted molar refractivity (Wildman–Crippen MR) is 145 cm³/mol. The summed E-state index contributed by atoms with van der Waals surface area (Å²) in [6.45, 7) is 17.5. The number of likely N-dealkylation sites (N-methyl/N-ethyl adjacent to an activating group) is 1. The second-order valence-corrected chi connectivity index (χ2v) is 13.2. The molecule has 4 rings (SSSR count). The first-order valence-electron chi connectivity index (χ1n) is 13.6. The molecule has 3 N–H and O–H groups in total. The lowest BCUT2D eigenvalue weighted by Crippen LogP contribution is -2.86. The van der Waals surface area contributed by atoms with E-state index in [1.165, 1.54) is 13.0 Å². The zero-order valence-corrected chi connectivity index (χ0v) is 24.7. The smallest absolute Gasteiger partial charge is 0.323 e. The van der Waals surface area contributed by atoms with Crippen LogP contribution >= 0.6 is 12.4 Å². The number of fused-ring (bicyclic) bond motifs is 3. The zero-order valence-electron chi connectivity index (χ0n) is 23.9. The average molecular weight is 559 g/mol. The third-order valence-corrected chi connectivity index (χ3v) is 10.4. The summed E-state index contributed by atoms with van der Waals surface area (Å²) in [4.78, 5) is 31.8. The number of ether oxygens (including phenoxy) is 2. The molecule has 2 aliphatic heterocycles. The van der Waals surface area contributed by atoms with E-state index >= 15 is 0 Å². The van der Waals surface area contributed by atoms with Gasteiger partial charge in [-0.3, -0.25) is 14.5 Å². The number of ketones is 1. The normalized spacial score (nSPS) is 46.2. The number of carbonyl (C=O) groups excluding carboxylic acids is 2. The van der Waals surface area contributed by atoms with Crippen LogP contribution in [0.3, 0.4) is 0 Å². The number of rotatable bonds is 4. The van der Waals surface area contributed by atoms with Crippen LogP contribution in [0.2, 0.25) is 0 Å². The molecule has 0 aromatic heterocycles. The molecular weight excluding hydrogens is 512 g/mol. The van der Waals surface area contributed by atoms with E-state index in [1.807, 2.05) is 25.8 Å². The van der Waals surface area contributed by atoms with Crippen molar-refractivity contribution >= 4 is 24.2 Å². The van der Waals surface area contributed by atoms with E-state index < -0.39 is 69.7 Å². The minimum atomic E-state index is -2.22. The van der Waals surface area contributed by atoms with E-state index in [0.717, 1.165) is 13.1 Å². The van der Waals surface area contributed by atoms with Crippen LogP contribution in [0, 0.1) is 16.7 Å². The Labute approximate surface area is 232 Å². The van der Waals surface area contributed by atoms with Gasteiger partial charge in [-0.1, -0.05) is 26.8 Å². The SMILES string of the molecule is C=C[C@@]1(C)CC(=O)[C@]2(O)C3(C)C(C(O)C(OC(=O)C(C)N4CCN(C)CC4)[C@@]2(C)O1)C(C)(C)CC[C@@H]3O.Cl. The molecule has 5 unspecified atom stereocenters. The van der Waals surface area contributed by atoms with Crippen molar-refractivity contribution in [2.24, 2.45) is 16.7 Å². The van der Waals surface area contributed by atoms with Crippen molar-refractivity contribution in [2.45, 2.75) is 102 Å². The zero-order chi connectivity index (χ0) is 27.8. The lowest BCUT2D eigenvalue weighted by atomic mass is 9.40. The molecule has 9 nitrogen and oxygen atoms in total. The number of aliphatic hydroxyl groups excluding tert-OH is 2. The van der Waals surface area contributed by atoms with Crippen LogP contribution in [0.5, 0.6) is 0 Å². The van der Waals surface area contributed by atoms with Gasteiger partial charge in [-0.2, -0.15) is 0 Å². The van der Waals surface area contributed by atoms with Crippen LogP contribution in [-0.4, -0.2) is 111 Å². The first-order chi connectivity index (χ1) is 17.0. The fourth-order valence-corrected chi connectivity index (χ4v) is 8.06. The van der Waals surface area contributed by atoms with Gasteiger partial charge in [0.25, 0.3) is 0 Å². The lowest BCUT2D eigenvalue weighted by Gasteiger charge is -2.71. The number of hydrogen-bond donors (Lipinski definition) is 3. The van der Waals surface area contributed by atoms with Crippen molar-refractivity contribution < 1.29 is 34.4 Å². The number of halogens is 1. The second-order valence-electron chi connectivity index (χ2n) is 13.2. The molecule has 2 aliphatic carbocycles. The fraction of sp³-hybridized carbons (Fsp3) is 0.857. The van der Waals surface area contributed by atoms with Crippen LogP contribution in [-0.2, 0) is 19.1 Å². The van der Waals surface area contributed by atoms with E-state index in [2.05, 4.69) is 11.5 Å². The van der Waals surface area contributed by atoms with Crippen LogP contribution in [0.4, 0.5) is 0 Å². The van der Waals surface area contributed by atoms with E-state index in [4.69, 9.17) is 9.47 Å². The number of esters is 1. The highest BCUT2D eigenvalue weighted by atomic mass is 35.5. The molecule has 0 aromatic rings. The summed E-state index contributed by atoms with van der Waals surface area (Å²) in [6, 6.07) is -0.582. The molecule has 0 amide bonds. The summed E-state index contributed by atoms with van der Waals surface area (Å²) in [5, 5.41) is 35.9. The number of piperazine rings is 1. The van der Waals surface area contributed by atoms with E-state index in [9.17, 15) is 24.9 Å². The molecule has 0 bridgehead atoms. The number of hydrogen-bond acceptors (Lipinski definition) is 9. The Morgan fingerprint density at radius 3 is 2.29 bits per heavy atom. The second kappa shape index (κ2) is 10.1. The van der Waals surface area contributed by atoms with E-state index in [1.54, 1.807) is 20.8 Å². The van der Waals surface area contributed by atoms with Crippen molar-refractivity contribution in [3.8, 4) is 0 Å². The van der Waals surface area contributed by atoms with Crippen molar-refractivity contribution in [1.29, 1.82) is 0 Å². The Morgan fingerprint density at radius 2 is 1.74 bits per heavy atom. The Balaban J connectivity index is 0.00000400. The van der Waals surface area contributed by atoms with Crippen LogP contribution in [0.1, 0.15) is 60.8 Å². The van der Waals surface area contributed by atoms with Gasteiger partial charge in [0.2, 0.25) is 0 Å². The first-order valence-corrected chi connectivity index (χ1v) is 13.6. The molecule has 2 saturated heterocycles. The van der Waals surface area contributed by atoms with Crippen molar-refractivity contribution in [3.05, 3.63) is 12.7 Å². The van der Waals surface area contributed by atoms with E-state index in [-0.39, 0.29) is 18.8 Å². The summed E-state index contributed by atoms with van der Waals surface area (Å²) < 4.78 is 12.6. The highest BCUT2D eigenvalue weighted by Crippen LogP contribution is 2.67. The summed E-state index contributed by atoms with van der Waals surface area (Å²) in [6.07, 6.45) is -1.39. The number of carbonyl (C=O) groups is 2. The fourth-order valence-electron chi connectivity index (χ4n) is 8.06. The minimum Gasteiger partial charge on any atom is -0.455 e. The Bertz CT molecular complexity index is 955. The van der Waals surface area contributed by atoms with Crippen molar-refractivity contribution in [1.82, 2.24) is 9.80 Å². The maximum absolute atomic E-state index is 14.0. The average Bonchev–Trinajstić information content (AvgIpc) is 2.82. The van der Waals surface area contributed by atoms with Gasteiger partial charge in [-0.15, -0.1) is 19.0 Å². The standard InChI is InChI=1S/C28H46N2O7.ClH/c1-9-25(5)16-19(32)28(35)26(6)18(31)10-11-24(3,4)21(26)20(33)22(27(28,7)37-25)36-23(34)17(2)30-14-12-29(8)13-15-30;/h9,17-18,20-22,31,33,35H,1,10-16H2,2-8H3;1H/t17?,18-,20?,21?,22?,25-,26?,27+,28-;/m0./s1. The Hall–Kier alpha value is -1.07. The third-order valence-electron chi connectivity index (χ3n) is 10.4. The van der Waals surface area contributed by atoms with Gasteiger partial charge in [-0.05, 0) is 46.1 Å². The highest BCUT2D eigenvalue weighted by molar-refractivity contribution is 5.92. The van der Waals surface area contributed by atoms with Gasteiger partial charge >= 0.3 is 5.97 Å². The van der Waals surface area contributed by atoms with E-state index in [0.29, 0.717) is 25.9 Å². The molecule has 2 saturated carbocycles. The lowest BCUT2D eigenvalue weighted by molar-refractivity contribution is -0.371. The molecule has 2 heterocycles. The number of aliphatic hydroxyl groups is 3. The van der Waals surface area contributed by atoms with Gasteiger partial charge in [0.1, 0.15) is 11.6 Å². The predicted octanol–water partition coefficient (Wildman–Crippen LogP) is 1.56. The van der Waals surface area contributed by atoms with Gasteiger partial charge < -0.3 is 29.7 Å². The summed E-state index contributed by atoms with van der Waals surface area (Å²) in [5.74, 6) is -1.79. The summed E-state index contributed by atoms with van der Waals surface area (Å²) in [7, 11) is 2.03. The molecular formula is C28H47ClN2O7. The number of Topliss-reactive ketones (excluding diaryl/α,β-unsaturated/α-hetero) is 1. The third kappa shape index (κ3) is 4.28. The van der Waals surface area contributed by atoms with Gasteiger partial charge in [-0.25, -0.2) is 0 Å². The molecule has 218 valence electrons. The monoisotopic (exact) mass is 558 g/mol. The maximum Gasteiger partial charge on any atom is 0.323 e. The minimum absolute atomic E-state index is 0. The van der Waals surface area contributed by atoms with Crippen LogP contribution < -0.4 is 0 Å². The molecule has 10 heteroatoms. The maximum atomic E-state index is 14.0. The topological polar surface area (TPSA) is 120 Å². The van der Waals surface area contributed by atoms with Crippen molar-refractivity contribution in [2.75, 3.05) is 33.2 Å².